The van der Waals surface area contributed by atoms with E-state index in [2.05, 4.69) is 28.5 Å². The minimum Gasteiger partial charge on any atom is -0.493 e. The molecule has 2 aromatic rings. The number of hydrogen-bond donors (Lipinski definition) is 2. The Morgan fingerprint density at radius 3 is 2.71 bits per heavy atom. The van der Waals surface area contributed by atoms with Gasteiger partial charge in [-0.15, -0.1) is 6.58 Å². The molecule has 2 heterocycles. The number of hydrazone groups is 1. The summed E-state index contributed by atoms with van der Waals surface area (Å²) in [5.74, 6) is 1.24. The van der Waals surface area contributed by atoms with Crippen molar-refractivity contribution in [3.05, 3.63) is 71.3 Å². The number of amides is 2. The lowest BCUT2D eigenvalue weighted by Crippen LogP contribution is -2.46. The van der Waals surface area contributed by atoms with E-state index in [1.807, 2.05) is 35.2 Å². The minimum absolute atomic E-state index is 0.0467. The van der Waals surface area contributed by atoms with E-state index in [4.69, 9.17) is 21.1 Å². The number of halogens is 1. The molecule has 1 fully saturated rings. The molecule has 1 saturated heterocycles. The number of para-hydroxylation sites is 1. The van der Waals surface area contributed by atoms with E-state index >= 15 is 0 Å². The second-order valence-electron chi connectivity index (χ2n) is 9.44. The molecule has 9 heteroatoms. The van der Waals surface area contributed by atoms with Crippen LogP contribution < -0.4 is 20.2 Å². The fourth-order valence-corrected chi connectivity index (χ4v) is 4.81. The molecule has 0 saturated carbocycles. The van der Waals surface area contributed by atoms with E-state index in [1.165, 1.54) is 0 Å². The van der Waals surface area contributed by atoms with E-state index in [1.54, 1.807) is 12.1 Å². The number of piperidine rings is 1. The van der Waals surface area contributed by atoms with Crippen molar-refractivity contribution in [1.82, 2.24) is 15.6 Å². The van der Waals surface area contributed by atoms with Crippen LogP contribution in [0.3, 0.4) is 0 Å². The number of carbonyl (C=O) groups excluding carboxylic acids is 2. The van der Waals surface area contributed by atoms with Crippen LogP contribution in [0.15, 0.2) is 60.2 Å². The van der Waals surface area contributed by atoms with Crippen LogP contribution in [0.4, 0.5) is 0 Å². The van der Waals surface area contributed by atoms with Gasteiger partial charge in [0, 0.05) is 32.0 Å². The van der Waals surface area contributed by atoms with E-state index in [0.717, 1.165) is 54.8 Å². The summed E-state index contributed by atoms with van der Waals surface area (Å²) in [6.45, 7) is 6.68. The summed E-state index contributed by atoms with van der Waals surface area (Å²) < 4.78 is 11.7. The number of hydrogen-bond acceptors (Lipinski definition) is 6. The minimum atomic E-state index is -0.0929. The lowest BCUT2D eigenvalue weighted by Gasteiger charge is -2.32. The third-order valence-electron chi connectivity index (χ3n) is 6.72. The van der Waals surface area contributed by atoms with Crippen LogP contribution >= 0.6 is 11.6 Å². The summed E-state index contributed by atoms with van der Waals surface area (Å²) in [4.78, 5) is 25.8. The zero-order valence-electron chi connectivity index (χ0n) is 21.6. The smallest absolute Gasteiger partial charge is 0.260 e. The van der Waals surface area contributed by atoms with E-state index < -0.39 is 0 Å². The molecule has 0 unspecified atom stereocenters. The van der Waals surface area contributed by atoms with Gasteiger partial charge < -0.3 is 19.7 Å². The number of nitrogens with zero attached hydrogens (tertiary/aromatic N) is 2. The van der Waals surface area contributed by atoms with Crippen LogP contribution in [0.2, 0.25) is 5.02 Å². The van der Waals surface area contributed by atoms with Gasteiger partial charge >= 0.3 is 0 Å². The van der Waals surface area contributed by atoms with Crippen molar-refractivity contribution < 1.29 is 19.1 Å². The topological polar surface area (TPSA) is 92.3 Å². The molecule has 0 aromatic heterocycles. The third kappa shape index (κ3) is 7.82. The first kappa shape index (κ1) is 27.7. The predicted molar refractivity (Wildman–Crippen MR) is 149 cm³/mol. The third-order valence-corrected chi connectivity index (χ3v) is 7.01. The fraction of sp³-hybridized carbons (Fsp3) is 0.414. The fourth-order valence-electron chi connectivity index (χ4n) is 4.57. The Balaban J connectivity index is 1.13. The van der Waals surface area contributed by atoms with Crippen molar-refractivity contribution >= 4 is 29.1 Å². The SMILES string of the molecule is C=CCc1ccccc1OCCCNC1CCN(C(=O)COc2ccc(C3=NNC(=O)CC3)cc2Cl)CC1. The quantitative estimate of drug-likeness (QED) is 0.313. The highest BCUT2D eigenvalue weighted by atomic mass is 35.5. The first-order valence-corrected chi connectivity index (χ1v) is 13.5. The molecule has 2 aromatic carbocycles. The molecule has 2 aliphatic rings. The number of likely N-dealkylation sites (tertiary alicyclic amines) is 1. The first-order valence-electron chi connectivity index (χ1n) is 13.1. The second-order valence-corrected chi connectivity index (χ2v) is 9.85. The van der Waals surface area contributed by atoms with Crippen LogP contribution in [0.5, 0.6) is 11.5 Å². The molecule has 0 atom stereocenters. The Kier molecular flexibility index (Phi) is 10.2. The van der Waals surface area contributed by atoms with Crippen LogP contribution in [-0.4, -0.2) is 61.3 Å². The Hall–Kier alpha value is -3.36. The van der Waals surface area contributed by atoms with Crippen molar-refractivity contribution in [2.24, 2.45) is 5.10 Å². The summed E-state index contributed by atoms with van der Waals surface area (Å²) in [6, 6.07) is 13.8. The van der Waals surface area contributed by atoms with Gasteiger partial charge in [-0.3, -0.25) is 9.59 Å². The largest absolute Gasteiger partial charge is 0.493 e. The number of nitrogens with one attached hydrogen (secondary N) is 2. The molecular formula is C29H35ClN4O4. The number of rotatable bonds is 12. The molecule has 8 nitrogen and oxygen atoms in total. The van der Waals surface area contributed by atoms with Gasteiger partial charge in [-0.1, -0.05) is 35.9 Å². The van der Waals surface area contributed by atoms with Gasteiger partial charge in [0.1, 0.15) is 11.5 Å². The lowest BCUT2D eigenvalue weighted by molar-refractivity contribution is -0.134. The molecule has 0 radical (unpaired) electrons. The highest BCUT2D eigenvalue weighted by molar-refractivity contribution is 6.32. The van der Waals surface area contributed by atoms with E-state index in [0.29, 0.717) is 49.4 Å². The van der Waals surface area contributed by atoms with Crippen molar-refractivity contribution in [3.8, 4) is 11.5 Å². The van der Waals surface area contributed by atoms with Gasteiger partial charge in [0.15, 0.2) is 6.61 Å². The molecule has 0 aliphatic carbocycles. The maximum Gasteiger partial charge on any atom is 0.260 e. The molecule has 4 rings (SSSR count). The van der Waals surface area contributed by atoms with E-state index in [-0.39, 0.29) is 18.4 Å². The zero-order chi connectivity index (χ0) is 26.7. The van der Waals surface area contributed by atoms with Gasteiger partial charge in [0.05, 0.1) is 17.3 Å². The zero-order valence-corrected chi connectivity index (χ0v) is 22.3. The average molecular weight is 539 g/mol. The van der Waals surface area contributed by atoms with Crippen LogP contribution in [-0.2, 0) is 16.0 Å². The van der Waals surface area contributed by atoms with Crippen molar-refractivity contribution in [3.63, 3.8) is 0 Å². The summed E-state index contributed by atoms with van der Waals surface area (Å²) in [5.41, 5.74) is 5.24. The normalized spacial score (nSPS) is 16.0. The monoisotopic (exact) mass is 538 g/mol. The second kappa shape index (κ2) is 14.0. The highest BCUT2D eigenvalue weighted by Crippen LogP contribution is 2.27. The number of benzene rings is 2. The average Bonchev–Trinajstić information content (AvgIpc) is 2.94. The molecule has 2 amide bonds. The number of allylic oxidation sites excluding steroid dienone is 1. The predicted octanol–water partition coefficient (Wildman–Crippen LogP) is 4.11. The molecule has 2 aliphatic heterocycles. The number of carbonyl (C=O) groups is 2. The molecule has 202 valence electrons. The summed E-state index contributed by atoms with van der Waals surface area (Å²) in [5, 5.41) is 8.08. The van der Waals surface area contributed by atoms with Crippen LogP contribution in [0, 0.1) is 0 Å². The standard InChI is InChI=1S/C29H35ClN4O4/c1-2-6-21-7-3-4-8-26(21)37-18-5-15-31-23-13-16-34(17-14-23)29(36)20-38-27-11-9-22(19-24(27)30)25-10-12-28(35)33-32-25/h2-4,7-9,11,19,23,31H,1,5-6,10,12-18,20H2,(H,33,35). The lowest BCUT2D eigenvalue weighted by atomic mass is 10.0. The molecule has 38 heavy (non-hydrogen) atoms. The maximum absolute atomic E-state index is 12.7. The first-order chi connectivity index (χ1) is 18.5. The molecule has 0 spiro atoms. The molecule has 2 N–H and O–H groups in total. The molecule has 0 bridgehead atoms. The van der Waals surface area contributed by atoms with Gasteiger partial charge in [-0.05, 0) is 67.6 Å². The van der Waals surface area contributed by atoms with Gasteiger partial charge in [-0.25, -0.2) is 5.43 Å². The summed E-state index contributed by atoms with van der Waals surface area (Å²) >= 11 is 6.38. The Morgan fingerprint density at radius 2 is 1.97 bits per heavy atom. The number of ether oxygens (including phenoxy) is 2. The van der Waals surface area contributed by atoms with Crippen LogP contribution in [0.1, 0.15) is 43.2 Å². The van der Waals surface area contributed by atoms with Crippen molar-refractivity contribution in [1.29, 1.82) is 0 Å². The van der Waals surface area contributed by atoms with Gasteiger partial charge in [0.2, 0.25) is 5.91 Å². The van der Waals surface area contributed by atoms with E-state index in [9.17, 15) is 9.59 Å². The summed E-state index contributed by atoms with van der Waals surface area (Å²) in [6.07, 6.45) is 6.37. The van der Waals surface area contributed by atoms with Crippen LogP contribution in [0.25, 0.3) is 0 Å². The van der Waals surface area contributed by atoms with Gasteiger partial charge in [0.25, 0.3) is 5.91 Å². The Bertz CT molecular complexity index is 1160. The molecular weight excluding hydrogens is 504 g/mol. The Labute approximate surface area is 229 Å². The van der Waals surface area contributed by atoms with Gasteiger partial charge in [-0.2, -0.15) is 5.10 Å². The highest BCUT2D eigenvalue weighted by Gasteiger charge is 2.23. The summed E-state index contributed by atoms with van der Waals surface area (Å²) in [7, 11) is 0. The Morgan fingerprint density at radius 1 is 1.16 bits per heavy atom. The van der Waals surface area contributed by atoms with Crippen molar-refractivity contribution in [2.75, 3.05) is 32.8 Å². The van der Waals surface area contributed by atoms with Crippen molar-refractivity contribution in [2.45, 2.75) is 44.6 Å². The maximum atomic E-state index is 12.7.